The van der Waals surface area contributed by atoms with Crippen molar-refractivity contribution in [2.75, 3.05) is 7.05 Å². The second kappa shape index (κ2) is 5.35. The molecule has 0 saturated carbocycles. The highest BCUT2D eigenvalue weighted by Crippen LogP contribution is 2.15. The van der Waals surface area contributed by atoms with E-state index in [1.165, 1.54) is 31.9 Å². The Hall–Kier alpha value is -2.70. The zero-order chi connectivity index (χ0) is 15.6. The van der Waals surface area contributed by atoms with Crippen molar-refractivity contribution in [1.82, 2.24) is 19.7 Å². The molecule has 1 N–H and O–H groups in total. The molecule has 0 saturated heterocycles. The van der Waals surface area contributed by atoms with Gasteiger partial charge in [-0.25, -0.2) is 14.5 Å². The Kier molecular flexibility index (Phi) is 3.75. The Balaban J connectivity index is 2.26. The third-order valence-electron chi connectivity index (χ3n) is 3.37. The van der Waals surface area contributed by atoms with E-state index >= 15 is 0 Å². The zero-order valence-corrected chi connectivity index (χ0v) is 12.0. The van der Waals surface area contributed by atoms with Crippen molar-refractivity contribution in [3.8, 4) is 5.69 Å². The maximum atomic E-state index is 12.3. The van der Waals surface area contributed by atoms with Crippen molar-refractivity contribution in [3.05, 3.63) is 42.5 Å². The number of amides is 1. The first-order valence-corrected chi connectivity index (χ1v) is 6.32. The summed E-state index contributed by atoms with van der Waals surface area (Å²) in [6.45, 7) is 2.89. The van der Waals surface area contributed by atoms with Crippen molar-refractivity contribution in [2.45, 2.75) is 19.4 Å². The van der Waals surface area contributed by atoms with Gasteiger partial charge in [-0.05, 0) is 26.0 Å². The summed E-state index contributed by atoms with van der Waals surface area (Å²) < 4.78 is 1.47. The van der Waals surface area contributed by atoms with Crippen LogP contribution in [0, 0.1) is 0 Å². The molecule has 1 aromatic carbocycles. The van der Waals surface area contributed by atoms with Crippen LogP contribution in [0.5, 0.6) is 0 Å². The second-order valence-corrected chi connectivity index (χ2v) is 5.08. The van der Waals surface area contributed by atoms with Gasteiger partial charge in [-0.3, -0.25) is 4.79 Å². The summed E-state index contributed by atoms with van der Waals surface area (Å²) in [7, 11) is 1.42. The van der Waals surface area contributed by atoms with E-state index in [2.05, 4.69) is 10.1 Å². The fourth-order valence-corrected chi connectivity index (χ4v) is 1.61. The summed E-state index contributed by atoms with van der Waals surface area (Å²) in [5, 5.41) is 13.2. The predicted octanol–water partition coefficient (Wildman–Crippen LogP) is 1.20. The first-order valence-electron chi connectivity index (χ1n) is 6.32. The Morgan fingerprint density at radius 2 is 1.86 bits per heavy atom. The van der Waals surface area contributed by atoms with E-state index < -0.39 is 17.4 Å². The molecule has 0 unspecified atom stereocenters. The monoisotopic (exact) mass is 288 g/mol. The lowest BCUT2D eigenvalue weighted by atomic mass is 10.0. The number of carbonyl (C=O) groups is 2. The van der Waals surface area contributed by atoms with Gasteiger partial charge < -0.3 is 10.0 Å². The van der Waals surface area contributed by atoms with Crippen LogP contribution in [0.25, 0.3) is 5.69 Å². The van der Waals surface area contributed by atoms with E-state index in [4.69, 9.17) is 5.11 Å². The summed E-state index contributed by atoms with van der Waals surface area (Å²) in [6, 6.07) is 9.22. The third-order valence-corrected chi connectivity index (χ3v) is 3.37. The minimum atomic E-state index is -1.34. The van der Waals surface area contributed by atoms with Gasteiger partial charge in [0, 0.05) is 7.05 Å². The van der Waals surface area contributed by atoms with Crippen molar-refractivity contribution in [3.63, 3.8) is 0 Å². The van der Waals surface area contributed by atoms with Gasteiger partial charge in [0.15, 0.2) is 0 Å². The van der Waals surface area contributed by atoms with E-state index in [1.54, 1.807) is 0 Å². The fourth-order valence-electron chi connectivity index (χ4n) is 1.61. The number of aliphatic carboxylic acids is 1. The van der Waals surface area contributed by atoms with E-state index in [0.29, 0.717) is 0 Å². The van der Waals surface area contributed by atoms with Crippen LogP contribution in [0.4, 0.5) is 0 Å². The molecule has 7 nitrogen and oxygen atoms in total. The van der Waals surface area contributed by atoms with Crippen molar-refractivity contribution in [1.29, 1.82) is 0 Å². The quantitative estimate of drug-likeness (QED) is 0.913. The molecule has 1 aromatic heterocycles. The lowest BCUT2D eigenvalue weighted by molar-refractivity contribution is -0.147. The smallest absolute Gasteiger partial charge is 0.329 e. The lowest BCUT2D eigenvalue weighted by Gasteiger charge is -2.30. The van der Waals surface area contributed by atoms with E-state index in [1.807, 2.05) is 30.3 Å². The molecule has 2 aromatic rings. The standard InChI is InChI=1S/C14H16N4O3/c1-14(2,13(20)21)17(3)12(19)11-15-9-18(16-11)10-7-5-4-6-8-10/h4-9H,1-3H3,(H,20,21). The molecular weight excluding hydrogens is 272 g/mol. The molecular formula is C14H16N4O3. The molecule has 1 amide bonds. The Morgan fingerprint density at radius 1 is 1.24 bits per heavy atom. The average Bonchev–Trinajstić information content (AvgIpc) is 2.96. The number of rotatable bonds is 4. The van der Waals surface area contributed by atoms with Crippen LogP contribution in [-0.4, -0.2) is 49.2 Å². The SMILES string of the molecule is CN(C(=O)c1ncn(-c2ccccc2)n1)C(C)(C)C(=O)O. The van der Waals surface area contributed by atoms with Crippen LogP contribution in [0.3, 0.4) is 0 Å². The normalized spacial score (nSPS) is 11.2. The number of aromatic nitrogens is 3. The maximum absolute atomic E-state index is 12.3. The predicted molar refractivity (Wildman–Crippen MR) is 75.2 cm³/mol. The van der Waals surface area contributed by atoms with E-state index in [0.717, 1.165) is 10.6 Å². The number of hydrogen-bond acceptors (Lipinski definition) is 4. The molecule has 0 atom stereocenters. The molecule has 1 heterocycles. The molecule has 0 aliphatic carbocycles. The number of nitrogens with zero attached hydrogens (tertiary/aromatic N) is 4. The summed E-state index contributed by atoms with van der Waals surface area (Å²) in [5.74, 6) is -1.69. The number of carbonyl (C=O) groups excluding carboxylic acids is 1. The van der Waals surface area contributed by atoms with Crippen LogP contribution in [0.2, 0.25) is 0 Å². The summed E-state index contributed by atoms with van der Waals surface area (Å²) >= 11 is 0. The van der Waals surface area contributed by atoms with Gasteiger partial charge >= 0.3 is 5.97 Å². The molecule has 7 heteroatoms. The summed E-state index contributed by atoms with van der Waals surface area (Å²) in [6.07, 6.45) is 1.42. The second-order valence-electron chi connectivity index (χ2n) is 5.08. The number of hydrogen-bond donors (Lipinski definition) is 1. The first-order chi connectivity index (χ1) is 9.84. The first kappa shape index (κ1) is 14.7. The Morgan fingerprint density at radius 3 is 2.43 bits per heavy atom. The number of carboxylic acid groups (broad SMARTS) is 1. The molecule has 0 fully saturated rings. The highest BCUT2D eigenvalue weighted by Gasteiger charge is 2.36. The molecule has 0 bridgehead atoms. The van der Waals surface area contributed by atoms with Crippen LogP contribution in [0.1, 0.15) is 24.5 Å². The molecule has 0 spiro atoms. The van der Waals surface area contributed by atoms with E-state index in [-0.39, 0.29) is 5.82 Å². The van der Waals surface area contributed by atoms with E-state index in [9.17, 15) is 9.59 Å². The maximum Gasteiger partial charge on any atom is 0.329 e. The van der Waals surface area contributed by atoms with Crippen molar-refractivity contribution >= 4 is 11.9 Å². The number of likely N-dealkylation sites (N-methyl/N-ethyl adjacent to an activating group) is 1. The van der Waals surface area contributed by atoms with Gasteiger partial charge in [0.2, 0.25) is 5.82 Å². The Labute approximate surface area is 121 Å². The van der Waals surface area contributed by atoms with Crippen LogP contribution in [0.15, 0.2) is 36.7 Å². The van der Waals surface area contributed by atoms with Crippen LogP contribution in [-0.2, 0) is 4.79 Å². The minimum absolute atomic E-state index is 0.0457. The van der Waals surface area contributed by atoms with Crippen LogP contribution >= 0.6 is 0 Å². The third kappa shape index (κ3) is 2.76. The largest absolute Gasteiger partial charge is 0.480 e. The van der Waals surface area contributed by atoms with Gasteiger partial charge in [-0.2, -0.15) is 0 Å². The number of benzene rings is 1. The molecule has 0 radical (unpaired) electrons. The van der Waals surface area contributed by atoms with Gasteiger partial charge in [-0.1, -0.05) is 18.2 Å². The zero-order valence-electron chi connectivity index (χ0n) is 12.0. The highest BCUT2D eigenvalue weighted by atomic mass is 16.4. The highest BCUT2D eigenvalue weighted by molar-refractivity contribution is 5.94. The summed E-state index contributed by atoms with van der Waals surface area (Å²) in [4.78, 5) is 28.5. The molecule has 110 valence electrons. The fraction of sp³-hybridized carbons (Fsp3) is 0.286. The van der Waals surface area contributed by atoms with Crippen molar-refractivity contribution in [2.24, 2.45) is 0 Å². The molecule has 2 rings (SSSR count). The van der Waals surface area contributed by atoms with Crippen molar-refractivity contribution < 1.29 is 14.7 Å². The summed E-state index contributed by atoms with van der Waals surface area (Å²) in [5.41, 5.74) is -0.570. The lowest BCUT2D eigenvalue weighted by Crippen LogP contribution is -2.51. The minimum Gasteiger partial charge on any atom is -0.480 e. The number of carboxylic acids is 1. The van der Waals surface area contributed by atoms with Gasteiger partial charge in [0.05, 0.1) is 5.69 Å². The van der Waals surface area contributed by atoms with Crippen LogP contribution < -0.4 is 0 Å². The Bertz CT molecular complexity index is 664. The van der Waals surface area contributed by atoms with Gasteiger partial charge in [-0.15, -0.1) is 5.10 Å². The van der Waals surface area contributed by atoms with Gasteiger partial charge in [0.1, 0.15) is 11.9 Å². The topological polar surface area (TPSA) is 88.3 Å². The van der Waals surface area contributed by atoms with Gasteiger partial charge in [0.25, 0.3) is 5.91 Å². The molecule has 21 heavy (non-hydrogen) atoms. The molecule has 0 aliphatic rings. The molecule has 0 aliphatic heterocycles. The number of para-hydroxylation sites is 1. The average molecular weight is 288 g/mol.